The number of fused-ring (bicyclic) bond motifs is 1. The number of rotatable bonds is 3. The standard InChI is InChI=1S/C16H18N2O2S/c1-11-8-14(17)6-7-16(11)21(19,20)18-15-9-12-4-2-3-5-13(12)10-15/h2-8,15,18H,9-10,17H2,1H3. The van der Waals surface area contributed by atoms with Gasteiger partial charge < -0.3 is 5.73 Å². The van der Waals surface area contributed by atoms with Crippen LogP contribution in [0, 0.1) is 6.92 Å². The molecule has 0 saturated heterocycles. The van der Waals surface area contributed by atoms with E-state index in [0.29, 0.717) is 16.1 Å². The van der Waals surface area contributed by atoms with E-state index < -0.39 is 10.0 Å². The molecule has 4 nitrogen and oxygen atoms in total. The van der Waals surface area contributed by atoms with Gasteiger partial charge in [-0.05, 0) is 54.7 Å². The van der Waals surface area contributed by atoms with E-state index in [1.807, 2.05) is 12.1 Å². The summed E-state index contributed by atoms with van der Waals surface area (Å²) < 4.78 is 27.8. The minimum Gasteiger partial charge on any atom is -0.399 e. The predicted molar refractivity (Wildman–Crippen MR) is 83.6 cm³/mol. The Hall–Kier alpha value is -1.85. The maximum Gasteiger partial charge on any atom is 0.241 e. The Morgan fingerprint density at radius 3 is 2.29 bits per heavy atom. The largest absolute Gasteiger partial charge is 0.399 e. The fourth-order valence-corrected chi connectivity index (χ4v) is 4.36. The van der Waals surface area contributed by atoms with E-state index in [2.05, 4.69) is 16.9 Å². The molecule has 1 aliphatic carbocycles. The first kappa shape index (κ1) is 14.1. The van der Waals surface area contributed by atoms with Crippen molar-refractivity contribution in [2.45, 2.75) is 30.7 Å². The Morgan fingerprint density at radius 1 is 1.10 bits per heavy atom. The molecule has 1 aliphatic rings. The van der Waals surface area contributed by atoms with Gasteiger partial charge in [0, 0.05) is 11.7 Å². The molecule has 0 aliphatic heterocycles. The van der Waals surface area contributed by atoms with Gasteiger partial charge in [-0.2, -0.15) is 0 Å². The molecule has 110 valence electrons. The molecule has 21 heavy (non-hydrogen) atoms. The van der Waals surface area contributed by atoms with Crippen molar-refractivity contribution in [1.29, 1.82) is 0 Å². The smallest absolute Gasteiger partial charge is 0.241 e. The molecule has 0 spiro atoms. The van der Waals surface area contributed by atoms with Crippen molar-refractivity contribution in [3.63, 3.8) is 0 Å². The summed E-state index contributed by atoms with van der Waals surface area (Å²) in [6.07, 6.45) is 1.48. The van der Waals surface area contributed by atoms with E-state index in [9.17, 15) is 8.42 Å². The van der Waals surface area contributed by atoms with Gasteiger partial charge in [0.1, 0.15) is 0 Å². The zero-order valence-electron chi connectivity index (χ0n) is 11.8. The molecule has 0 aromatic heterocycles. The van der Waals surface area contributed by atoms with Crippen LogP contribution >= 0.6 is 0 Å². The average molecular weight is 302 g/mol. The van der Waals surface area contributed by atoms with Crippen LogP contribution in [0.25, 0.3) is 0 Å². The zero-order chi connectivity index (χ0) is 15.0. The molecule has 3 N–H and O–H groups in total. The Morgan fingerprint density at radius 2 is 1.71 bits per heavy atom. The highest BCUT2D eigenvalue weighted by atomic mass is 32.2. The first-order valence-corrected chi connectivity index (χ1v) is 8.39. The van der Waals surface area contributed by atoms with E-state index in [1.165, 1.54) is 11.1 Å². The first-order chi connectivity index (χ1) is 9.95. The molecule has 2 aromatic carbocycles. The third-order valence-electron chi connectivity index (χ3n) is 3.86. The number of benzene rings is 2. The highest BCUT2D eigenvalue weighted by molar-refractivity contribution is 7.89. The van der Waals surface area contributed by atoms with Crippen LogP contribution in [0.15, 0.2) is 47.4 Å². The Bertz CT molecular complexity index is 760. The Kier molecular flexibility index (Phi) is 3.47. The van der Waals surface area contributed by atoms with E-state index in [-0.39, 0.29) is 6.04 Å². The van der Waals surface area contributed by atoms with Crippen LogP contribution in [0.2, 0.25) is 0 Å². The molecule has 0 atom stereocenters. The Balaban J connectivity index is 1.82. The third-order valence-corrected chi connectivity index (χ3v) is 5.54. The summed E-state index contributed by atoms with van der Waals surface area (Å²) in [6, 6.07) is 12.9. The van der Waals surface area contributed by atoms with Crippen molar-refractivity contribution >= 4 is 15.7 Å². The minimum absolute atomic E-state index is 0.0793. The molecule has 0 saturated carbocycles. The SMILES string of the molecule is Cc1cc(N)ccc1S(=O)(=O)NC1Cc2ccccc2C1. The summed E-state index contributed by atoms with van der Waals surface area (Å²) in [5.74, 6) is 0. The molecule has 0 fully saturated rings. The summed E-state index contributed by atoms with van der Waals surface area (Å²) in [6.45, 7) is 1.76. The summed E-state index contributed by atoms with van der Waals surface area (Å²) in [7, 11) is -3.51. The summed E-state index contributed by atoms with van der Waals surface area (Å²) in [5, 5.41) is 0. The van der Waals surface area contributed by atoms with Crippen molar-refractivity contribution in [2.24, 2.45) is 0 Å². The maximum absolute atomic E-state index is 12.5. The lowest BCUT2D eigenvalue weighted by molar-refractivity contribution is 0.555. The van der Waals surface area contributed by atoms with Crippen LogP contribution < -0.4 is 10.5 Å². The summed E-state index contributed by atoms with van der Waals surface area (Å²) >= 11 is 0. The average Bonchev–Trinajstić information content (AvgIpc) is 2.79. The lowest BCUT2D eigenvalue weighted by atomic mass is 10.1. The molecule has 3 rings (SSSR count). The molecular weight excluding hydrogens is 284 g/mol. The number of nitrogens with two attached hydrogens (primary N) is 1. The lowest BCUT2D eigenvalue weighted by Gasteiger charge is -2.14. The second-order valence-electron chi connectivity index (χ2n) is 5.52. The first-order valence-electron chi connectivity index (χ1n) is 6.91. The van der Waals surface area contributed by atoms with Crippen LogP contribution in [0.3, 0.4) is 0 Å². The van der Waals surface area contributed by atoms with Crippen molar-refractivity contribution in [3.05, 3.63) is 59.2 Å². The van der Waals surface area contributed by atoms with Crippen LogP contribution in [0.4, 0.5) is 5.69 Å². The van der Waals surface area contributed by atoms with E-state index in [0.717, 1.165) is 12.8 Å². The molecule has 0 bridgehead atoms. The number of nitrogens with one attached hydrogen (secondary N) is 1. The summed E-state index contributed by atoms with van der Waals surface area (Å²) in [4.78, 5) is 0.299. The zero-order valence-corrected chi connectivity index (χ0v) is 12.7. The van der Waals surface area contributed by atoms with Crippen molar-refractivity contribution in [2.75, 3.05) is 5.73 Å². The molecule has 5 heteroatoms. The van der Waals surface area contributed by atoms with Gasteiger partial charge in [0.05, 0.1) is 4.90 Å². The molecule has 0 heterocycles. The fourth-order valence-electron chi connectivity index (χ4n) is 2.90. The topological polar surface area (TPSA) is 72.2 Å². The lowest BCUT2D eigenvalue weighted by Crippen LogP contribution is -2.35. The van der Waals surface area contributed by atoms with E-state index >= 15 is 0 Å². The van der Waals surface area contributed by atoms with E-state index in [1.54, 1.807) is 25.1 Å². The highest BCUT2D eigenvalue weighted by Gasteiger charge is 2.26. The van der Waals surface area contributed by atoms with Gasteiger partial charge in [-0.15, -0.1) is 0 Å². The van der Waals surface area contributed by atoms with E-state index in [4.69, 9.17) is 5.73 Å². The van der Waals surface area contributed by atoms with Crippen LogP contribution in [0.1, 0.15) is 16.7 Å². The van der Waals surface area contributed by atoms with Crippen LogP contribution in [-0.2, 0) is 22.9 Å². The van der Waals surface area contributed by atoms with Gasteiger partial charge in [-0.3, -0.25) is 0 Å². The number of nitrogen functional groups attached to an aromatic ring is 1. The minimum atomic E-state index is -3.51. The number of aryl methyl sites for hydroxylation is 1. The fraction of sp³-hybridized carbons (Fsp3) is 0.250. The van der Waals surface area contributed by atoms with Gasteiger partial charge in [0.15, 0.2) is 0 Å². The summed E-state index contributed by atoms with van der Waals surface area (Å²) in [5.41, 5.74) is 9.35. The highest BCUT2D eigenvalue weighted by Crippen LogP contribution is 2.24. The van der Waals surface area contributed by atoms with Crippen molar-refractivity contribution in [1.82, 2.24) is 4.72 Å². The molecule has 0 radical (unpaired) electrons. The number of hydrogen-bond acceptors (Lipinski definition) is 3. The molecule has 0 unspecified atom stereocenters. The normalized spacial score (nSPS) is 15.1. The molecule has 2 aromatic rings. The number of hydrogen-bond donors (Lipinski definition) is 2. The molecule has 0 amide bonds. The van der Waals surface area contributed by atoms with Gasteiger partial charge >= 0.3 is 0 Å². The Labute approximate surface area is 125 Å². The number of anilines is 1. The van der Waals surface area contributed by atoms with Crippen molar-refractivity contribution < 1.29 is 8.42 Å². The van der Waals surface area contributed by atoms with Gasteiger partial charge in [0.25, 0.3) is 0 Å². The van der Waals surface area contributed by atoms with Crippen LogP contribution in [0.5, 0.6) is 0 Å². The monoisotopic (exact) mass is 302 g/mol. The predicted octanol–water partition coefficient (Wildman–Crippen LogP) is 2.02. The van der Waals surface area contributed by atoms with Crippen molar-refractivity contribution in [3.8, 4) is 0 Å². The van der Waals surface area contributed by atoms with Gasteiger partial charge in [-0.25, -0.2) is 13.1 Å². The van der Waals surface area contributed by atoms with Gasteiger partial charge in [0.2, 0.25) is 10.0 Å². The maximum atomic E-state index is 12.5. The number of sulfonamides is 1. The third kappa shape index (κ3) is 2.80. The molecular formula is C16H18N2O2S. The second-order valence-corrected chi connectivity index (χ2v) is 7.20. The van der Waals surface area contributed by atoms with Gasteiger partial charge in [-0.1, -0.05) is 24.3 Å². The van der Waals surface area contributed by atoms with Crippen LogP contribution in [-0.4, -0.2) is 14.5 Å². The second kappa shape index (κ2) is 5.16. The quantitative estimate of drug-likeness (QED) is 0.852.